The highest BCUT2D eigenvalue weighted by Crippen LogP contribution is 2.44. The number of fused-ring (bicyclic) bond motifs is 1. The summed E-state index contributed by atoms with van der Waals surface area (Å²) in [5.74, 6) is 0.451. The van der Waals surface area contributed by atoms with Gasteiger partial charge < -0.3 is 15.0 Å². The van der Waals surface area contributed by atoms with Gasteiger partial charge in [0.05, 0.1) is 6.61 Å². The minimum absolute atomic E-state index is 0.0494. The number of carbonyl (C=O) groups excluding carboxylic acids is 1. The number of carbonyl (C=O) groups is 1. The van der Waals surface area contributed by atoms with E-state index in [0.717, 1.165) is 49.8 Å². The fraction of sp³-hybridized carbons (Fsp3) is 0.500. The van der Waals surface area contributed by atoms with E-state index in [-0.39, 0.29) is 11.3 Å². The molecule has 4 rings (SSSR count). The lowest BCUT2D eigenvalue weighted by Gasteiger charge is -2.38. The summed E-state index contributed by atoms with van der Waals surface area (Å²) in [7, 11) is 1.76. The number of nitrogens with one attached hydrogen (secondary N) is 1. The van der Waals surface area contributed by atoms with Crippen LogP contribution in [0.25, 0.3) is 10.8 Å². The van der Waals surface area contributed by atoms with Gasteiger partial charge in [0.15, 0.2) is 0 Å². The van der Waals surface area contributed by atoms with Gasteiger partial charge in [0.1, 0.15) is 5.69 Å². The zero-order valence-corrected chi connectivity index (χ0v) is 14.7. The van der Waals surface area contributed by atoms with Gasteiger partial charge in [0.2, 0.25) is 0 Å². The Balaban J connectivity index is 1.64. The van der Waals surface area contributed by atoms with Crippen LogP contribution in [0.2, 0.25) is 0 Å². The maximum atomic E-state index is 13.2. The summed E-state index contributed by atoms with van der Waals surface area (Å²) in [5.41, 5.74) is 0.752. The molecule has 1 aromatic heterocycles. The zero-order valence-electron chi connectivity index (χ0n) is 14.7. The summed E-state index contributed by atoms with van der Waals surface area (Å²) in [6.07, 6.45) is 3.94. The quantitative estimate of drug-likeness (QED) is 0.932. The van der Waals surface area contributed by atoms with Crippen molar-refractivity contribution in [3.8, 4) is 0 Å². The second kappa shape index (κ2) is 6.73. The van der Waals surface area contributed by atoms with Crippen molar-refractivity contribution < 1.29 is 9.53 Å². The monoisotopic (exact) mass is 339 g/mol. The number of methoxy groups -OCH3 is 1. The van der Waals surface area contributed by atoms with Crippen molar-refractivity contribution in [2.45, 2.75) is 12.8 Å². The molecule has 0 radical (unpaired) electrons. The molecule has 0 saturated carbocycles. The first kappa shape index (κ1) is 16.5. The molecule has 2 fully saturated rings. The van der Waals surface area contributed by atoms with Crippen LogP contribution >= 0.6 is 0 Å². The third-order valence-electron chi connectivity index (χ3n) is 5.94. The Bertz CT molecular complexity index is 765. The lowest BCUT2D eigenvalue weighted by molar-refractivity contribution is 0.0701. The van der Waals surface area contributed by atoms with Crippen LogP contribution in [0.15, 0.2) is 36.5 Å². The Morgan fingerprint density at radius 2 is 2.12 bits per heavy atom. The van der Waals surface area contributed by atoms with E-state index in [2.05, 4.69) is 10.3 Å². The number of benzene rings is 1. The lowest BCUT2D eigenvalue weighted by Crippen LogP contribution is -2.43. The van der Waals surface area contributed by atoms with Crippen molar-refractivity contribution in [2.24, 2.45) is 11.3 Å². The highest BCUT2D eigenvalue weighted by molar-refractivity contribution is 6.05. The number of likely N-dealkylation sites (tertiary alicyclic amines) is 1. The van der Waals surface area contributed by atoms with Gasteiger partial charge in [0.25, 0.3) is 5.91 Å². The van der Waals surface area contributed by atoms with Crippen molar-refractivity contribution in [1.29, 1.82) is 0 Å². The third kappa shape index (κ3) is 2.92. The van der Waals surface area contributed by atoms with Crippen LogP contribution < -0.4 is 5.32 Å². The van der Waals surface area contributed by atoms with Gasteiger partial charge in [-0.05, 0) is 42.8 Å². The Kier molecular flexibility index (Phi) is 4.44. The van der Waals surface area contributed by atoms with Gasteiger partial charge in [0, 0.05) is 37.7 Å². The fourth-order valence-electron chi connectivity index (χ4n) is 4.55. The molecule has 1 amide bonds. The molecule has 3 heterocycles. The standard InChI is InChI=1S/C20H25N3O2/c1-25-13-16-12-23(14-20(16)7-10-21-11-8-20)19(24)18-17-5-3-2-4-15(17)6-9-22-18/h2-6,9,16,21H,7-8,10-14H2,1H3. The van der Waals surface area contributed by atoms with Crippen LogP contribution in [-0.2, 0) is 4.74 Å². The molecule has 1 spiro atoms. The van der Waals surface area contributed by atoms with E-state index >= 15 is 0 Å². The number of hydrogen-bond donors (Lipinski definition) is 1. The number of aromatic nitrogens is 1. The van der Waals surface area contributed by atoms with Crippen LogP contribution in [0.3, 0.4) is 0 Å². The molecule has 0 bridgehead atoms. The first-order valence-electron chi connectivity index (χ1n) is 9.06. The minimum Gasteiger partial charge on any atom is -0.384 e. The van der Waals surface area contributed by atoms with Gasteiger partial charge in [-0.3, -0.25) is 9.78 Å². The van der Waals surface area contributed by atoms with Crippen molar-refractivity contribution in [3.63, 3.8) is 0 Å². The van der Waals surface area contributed by atoms with Crippen LogP contribution in [0.1, 0.15) is 23.3 Å². The number of rotatable bonds is 3. The van der Waals surface area contributed by atoms with Gasteiger partial charge in [-0.15, -0.1) is 0 Å². The summed E-state index contributed by atoms with van der Waals surface area (Å²) >= 11 is 0. The first-order valence-corrected chi connectivity index (χ1v) is 9.06. The molecule has 1 aromatic carbocycles. The topological polar surface area (TPSA) is 54.5 Å². The molecule has 1 N–H and O–H groups in total. The second-order valence-corrected chi connectivity index (χ2v) is 7.33. The average Bonchev–Trinajstić information content (AvgIpc) is 2.99. The summed E-state index contributed by atoms with van der Waals surface area (Å²) in [6.45, 7) is 4.33. The van der Waals surface area contributed by atoms with Crippen molar-refractivity contribution in [1.82, 2.24) is 15.2 Å². The molecule has 2 saturated heterocycles. The minimum atomic E-state index is 0.0494. The fourth-order valence-corrected chi connectivity index (χ4v) is 4.55. The molecule has 2 aromatic rings. The number of nitrogens with zero attached hydrogens (tertiary/aromatic N) is 2. The molecule has 1 unspecified atom stereocenters. The van der Waals surface area contributed by atoms with Crippen molar-refractivity contribution in [2.75, 3.05) is 39.9 Å². The van der Waals surface area contributed by atoms with E-state index in [9.17, 15) is 4.79 Å². The highest BCUT2D eigenvalue weighted by Gasteiger charge is 2.48. The van der Waals surface area contributed by atoms with E-state index in [0.29, 0.717) is 18.2 Å². The van der Waals surface area contributed by atoms with Crippen LogP contribution in [0.4, 0.5) is 0 Å². The van der Waals surface area contributed by atoms with Gasteiger partial charge in [-0.1, -0.05) is 24.3 Å². The van der Waals surface area contributed by atoms with E-state index in [1.807, 2.05) is 35.2 Å². The molecular formula is C20H25N3O2. The van der Waals surface area contributed by atoms with Gasteiger partial charge in [-0.2, -0.15) is 0 Å². The number of hydrogen-bond acceptors (Lipinski definition) is 4. The largest absolute Gasteiger partial charge is 0.384 e. The molecule has 2 aliphatic heterocycles. The van der Waals surface area contributed by atoms with Gasteiger partial charge in [-0.25, -0.2) is 0 Å². The molecule has 25 heavy (non-hydrogen) atoms. The number of pyridine rings is 1. The molecule has 2 aliphatic rings. The zero-order chi connectivity index (χ0) is 17.3. The second-order valence-electron chi connectivity index (χ2n) is 7.33. The van der Waals surface area contributed by atoms with E-state index < -0.39 is 0 Å². The van der Waals surface area contributed by atoms with Crippen LogP contribution in [-0.4, -0.2) is 55.7 Å². The molecular weight excluding hydrogens is 314 g/mol. The molecule has 1 atom stereocenters. The normalized spacial score (nSPS) is 22.6. The molecule has 5 nitrogen and oxygen atoms in total. The number of ether oxygens (including phenoxy) is 1. The van der Waals surface area contributed by atoms with E-state index in [4.69, 9.17) is 4.74 Å². The summed E-state index contributed by atoms with van der Waals surface area (Å²) in [6, 6.07) is 9.92. The number of amides is 1. The predicted octanol–water partition coefficient (Wildman–Crippen LogP) is 2.32. The molecule has 132 valence electrons. The maximum absolute atomic E-state index is 13.2. The van der Waals surface area contributed by atoms with Crippen molar-refractivity contribution >= 4 is 16.7 Å². The summed E-state index contributed by atoms with van der Waals surface area (Å²) in [4.78, 5) is 19.7. The predicted molar refractivity (Wildman–Crippen MR) is 97.5 cm³/mol. The first-order chi connectivity index (χ1) is 12.2. The smallest absolute Gasteiger partial charge is 0.273 e. The number of piperidine rings is 1. The van der Waals surface area contributed by atoms with Crippen molar-refractivity contribution in [3.05, 3.63) is 42.2 Å². The van der Waals surface area contributed by atoms with E-state index in [1.165, 1.54) is 0 Å². The Hall–Kier alpha value is -1.98. The summed E-state index contributed by atoms with van der Waals surface area (Å²) in [5, 5.41) is 5.44. The molecule has 0 aliphatic carbocycles. The third-order valence-corrected chi connectivity index (χ3v) is 5.94. The highest BCUT2D eigenvalue weighted by atomic mass is 16.5. The Morgan fingerprint density at radius 1 is 1.32 bits per heavy atom. The summed E-state index contributed by atoms with van der Waals surface area (Å²) < 4.78 is 5.48. The molecule has 5 heteroatoms. The van der Waals surface area contributed by atoms with Crippen LogP contribution in [0.5, 0.6) is 0 Å². The maximum Gasteiger partial charge on any atom is 0.273 e. The lowest BCUT2D eigenvalue weighted by atomic mass is 9.71. The Labute approximate surface area is 148 Å². The van der Waals surface area contributed by atoms with E-state index in [1.54, 1.807) is 13.3 Å². The SMILES string of the molecule is COCC1CN(C(=O)c2nccc3ccccc23)CC12CCNCC2. The Morgan fingerprint density at radius 3 is 2.92 bits per heavy atom. The average molecular weight is 339 g/mol. The van der Waals surface area contributed by atoms with Crippen LogP contribution in [0, 0.1) is 11.3 Å². The van der Waals surface area contributed by atoms with Gasteiger partial charge >= 0.3 is 0 Å².